The molecule has 8 nitrogen and oxygen atoms in total. The van der Waals surface area contributed by atoms with Gasteiger partial charge in [-0.25, -0.2) is 13.4 Å². The van der Waals surface area contributed by atoms with E-state index >= 15 is 0 Å². The number of halogens is 1. The average Bonchev–Trinajstić information content (AvgIpc) is 3.24. The number of sulfonamides is 1. The molecule has 0 radical (unpaired) electrons. The predicted octanol–water partition coefficient (Wildman–Crippen LogP) is 2.71. The van der Waals surface area contributed by atoms with Crippen molar-refractivity contribution in [1.29, 1.82) is 0 Å². The Morgan fingerprint density at radius 3 is 2.56 bits per heavy atom. The SMILES string of the molecule is O=c1[nH]c2cccccc-2c1-c1nc2ccc(N3CCN(S(=O)(=O)CCCl)CC3)cc2[nH]1. The third-order valence-corrected chi connectivity index (χ3v) is 8.10. The van der Waals surface area contributed by atoms with E-state index in [4.69, 9.17) is 11.6 Å². The average molecular weight is 472 g/mol. The van der Waals surface area contributed by atoms with Gasteiger partial charge < -0.3 is 14.9 Å². The van der Waals surface area contributed by atoms with Crippen LogP contribution in [-0.2, 0) is 10.0 Å². The van der Waals surface area contributed by atoms with Crippen LogP contribution < -0.4 is 10.5 Å². The summed E-state index contributed by atoms with van der Waals surface area (Å²) in [6.07, 6.45) is 0. The Bertz CT molecular complexity index is 1410. The Kier molecular flexibility index (Phi) is 5.40. The van der Waals surface area contributed by atoms with Crippen LogP contribution >= 0.6 is 11.6 Å². The maximum Gasteiger partial charge on any atom is 0.260 e. The van der Waals surface area contributed by atoms with Gasteiger partial charge in [0.2, 0.25) is 10.0 Å². The molecule has 1 aliphatic carbocycles. The Balaban J connectivity index is 1.42. The summed E-state index contributed by atoms with van der Waals surface area (Å²) < 4.78 is 26.0. The molecule has 166 valence electrons. The molecule has 2 N–H and O–H groups in total. The van der Waals surface area contributed by atoms with Crippen molar-refractivity contribution in [1.82, 2.24) is 19.3 Å². The first-order valence-corrected chi connectivity index (χ1v) is 12.5. The Labute approximate surface area is 190 Å². The highest BCUT2D eigenvalue weighted by atomic mass is 35.5. The molecule has 2 aliphatic heterocycles. The summed E-state index contributed by atoms with van der Waals surface area (Å²) in [5, 5.41) is 0. The normalized spacial score (nSPS) is 15.6. The molecule has 3 heterocycles. The van der Waals surface area contributed by atoms with Crippen LogP contribution in [0.25, 0.3) is 33.7 Å². The monoisotopic (exact) mass is 471 g/mol. The molecule has 0 atom stereocenters. The Morgan fingerprint density at radius 1 is 1.00 bits per heavy atom. The minimum Gasteiger partial charge on any atom is -0.369 e. The van der Waals surface area contributed by atoms with E-state index in [0.29, 0.717) is 37.6 Å². The molecule has 0 bridgehead atoms. The van der Waals surface area contributed by atoms with Crippen LogP contribution in [0, 0.1) is 0 Å². The number of hydrogen-bond donors (Lipinski definition) is 2. The summed E-state index contributed by atoms with van der Waals surface area (Å²) in [6, 6.07) is 15.3. The Morgan fingerprint density at radius 2 is 1.78 bits per heavy atom. The highest BCUT2D eigenvalue weighted by molar-refractivity contribution is 7.89. The summed E-state index contributed by atoms with van der Waals surface area (Å²) in [5.74, 6) is 0.586. The largest absolute Gasteiger partial charge is 0.369 e. The van der Waals surface area contributed by atoms with Gasteiger partial charge in [0, 0.05) is 49.0 Å². The minimum absolute atomic E-state index is 0.0367. The molecular weight excluding hydrogens is 450 g/mol. The quantitative estimate of drug-likeness (QED) is 0.436. The zero-order valence-corrected chi connectivity index (χ0v) is 18.8. The van der Waals surface area contributed by atoms with Gasteiger partial charge in [0.05, 0.1) is 22.3 Å². The van der Waals surface area contributed by atoms with Crippen LogP contribution in [0.4, 0.5) is 5.69 Å². The first-order valence-electron chi connectivity index (χ1n) is 10.4. The molecule has 3 aliphatic rings. The summed E-state index contributed by atoms with van der Waals surface area (Å²) in [6.45, 7) is 2.05. The van der Waals surface area contributed by atoms with Crippen molar-refractivity contribution in [3.63, 3.8) is 0 Å². The number of aromatic nitrogens is 3. The highest BCUT2D eigenvalue weighted by Gasteiger charge is 2.27. The number of rotatable bonds is 5. The summed E-state index contributed by atoms with van der Waals surface area (Å²) in [4.78, 5) is 25.6. The van der Waals surface area contributed by atoms with Crippen LogP contribution in [0.5, 0.6) is 0 Å². The van der Waals surface area contributed by atoms with E-state index in [1.54, 1.807) is 0 Å². The van der Waals surface area contributed by atoms with E-state index in [0.717, 1.165) is 28.0 Å². The maximum absolute atomic E-state index is 12.6. The third kappa shape index (κ3) is 3.76. The lowest BCUT2D eigenvalue weighted by Crippen LogP contribution is -2.49. The lowest BCUT2D eigenvalue weighted by molar-refractivity contribution is 0.386. The number of anilines is 1. The van der Waals surface area contributed by atoms with Gasteiger partial charge in [0.15, 0.2) is 0 Å². The minimum atomic E-state index is -3.30. The molecule has 1 saturated heterocycles. The van der Waals surface area contributed by atoms with Crippen LogP contribution in [0.2, 0.25) is 0 Å². The zero-order chi connectivity index (χ0) is 22.3. The van der Waals surface area contributed by atoms with Crippen molar-refractivity contribution in [2.45, 2.75) is 0 Å². The fourth-order valence-electron chi connectivity index (χ4n) is 4.18. The number of imidazole rings is 1. The van der Waals surface area contributed by atoms with Crippen molar-refractivity contribution in [2.75, 3.05) is 42.7 Å². The summed E-state index contributed by atoms with van der Waals surface area (Å²) >= 11 is 5.63. The number of H-pyrrole nitrogens is 2. The van der Waals surface area contributed by atoms with Crippen molar-refractivity contribution in [3.05, 3.63) is 58.9 Å². The van der Waals surface area contributed by atoms with Crippen molar-refractivity contribution in [2.24, 2.45) is 0 Å². The standard InChI is InChI=1S/C22H22ClN5O3S/c23-8-13-32(30,31)28-11-9-27(10-12-28)15-6-7-18-19(14-15)25-21(24-18)20-16-4-2-1-3-5-17(16)26-22(20)29/h1-7,14H,8-13H2,(H,24,25)(H,26,29). The molecule has 10 heteroatoms. The van der Waals surface area contributed by atoms with E-state index in [-0.39, 0.29) is 17.2 Å². The molecule has 32 heavy (non-hydrogen) atoms. The lowest BCUT2D eigenvalue weighted by Gasteiger charge is -2.35. The summed E-state index contributed by atoms with van der Waals surface area (Å²) in [7, 11) is -3.30. The zero-order valence-electron chi connectivity index (χ0n) is 17.2. The molecule has 0 amide bonds. The van der Waals surface area contributed by atoms with Crippen molar-refractivity contribution >= 4 is 38.3 Å². The van der Waals surface area contributed by atoms with Gasteiger partial charge >= 0.3 is 0 Å². The second-order valence-corrected chi connectivity index (χ2v) is 10.2. The number of hydrogen-bond acceptors (Lipinski definition) is 5. The smallest absolute Gasteiger partial charge is 0.260 e. The summed E-state index contributed by atoms with van der Waals surface area (Å²) in [5.41, 5.74) is 4.48. The van der Waals surface area contributed by atoms with Crippen LogP contribution in [0.1, 0.15) is 0 Å². The van der Waals surface area contributed by atoms with E-state index in [1.807, 2.05) is 48.5 Å². The number of nitrogens with one attached hydrogen (secondary N) is 2. The van der Waals surface area contributed by atoms with Gasteiger partial charge in [-0.05, 0) is 24.3 Å². The van der Waals surface area contributed by atoms with E-state index in [9.17, 15) is 13.2 Å². The van der Waals surface area contributed by atoms with Crippen LogP contribution in [-0.4, -0.2) is 65.5 Å². The van der Waals surface area contributed by atoms with Gasteiger partial charge in [-0.3, -0.25) is 4.79 Å². The molecule has 5 rings (SSSR count). The fraction of sp³-hybridized carbons (Fsp3) is 0.273. The molecule has 1 aromatic carbocycles. The molecule has 1 fully saturated rings. The topological polar surface area (TPSA) is 102 Å². The molecule has 0 saturated carbocycles. The number of piperazine rings is 1. The Hall–Kier alpha value is -2.88. The van der Waals surface area contributed by atoms with Gasteiger partial charge in [-0.15, -0.1) is 11.6 Å². The van der Waals surface area contributed by atoms with E-state index in [1.165, 1.54) is 4.31 Å². The molecular formula is C22H22ClN5O3S. The number of nitrogens with zero attached hydrogens (tertiary/aromatic N) is 3. The number of alkyl halides is 1. The first-order chi connectivity index (χ1) is 15.5. The van der Waals surface area contributed by atoms with E-state index in [2.05, 4.69) is 19.9 Å². The molecule has 1 aromatic heterocycles. The second kappa shape index (κ2) is 8.23. The molecule has 2 aromatic rings. The lowest BCUT2D eigenvalue weighted by atomic mass is 10.1. The predicted molar refractivity (Wildman–Crippen MR) is 127 cm³/mol. The fourth-order valence-corrected chi connectivity index (χ4v) is 5.94. The van der Waals surface area contributed by atoms with Crippen LogP contribution in [0.3, 0.4) is 0 Å². The van der Waals surface area contributed by atoms with Crippen molar-refractivity contribution < 1.29 is 8.42 Å². The molecule has 0 spiro atoms. The van der Waals surface area contributed by atoms with Crippen molar-refractivity contribution in [3.8, 4) is 22.6 Å². The first kappa shape index (κ1) is 21.0. The van der Waals surface area contributed by atoms with Gasteiger partial charge in [0.1, 0.15) is 5.82 Å². The number of benzene rings is 1. The van der Waals surface area contributed by atoms with Crippen LogP contribution in [0.15, 0.2) is 53.3 Å². The highest BCUT2D eigenvalue weighted by Crippen LogP contribution is 2.30. The van der Waals surface area contributed by atoms with Gasteiger partial charge in [-0.2, -0.15) is 4.31 Å². The third-order valence-electron chi connectivity index (χ3n) is 5.82. The van der Waals surface area contributed by atoms with Gasteiger partial charge in [-0.1, -0.05) is 24.3 Å². The number of aromatic amines is 2. The number of fused-ring (bicyclic) bond motifs is 2. The second-order valence-electron chi connectivity index (χ2n) is 7.75. The molecule has 0 unspecified atom stereocenters. The van der Waals surface area contributed by atoms with Gasteiger partial charge in [0.25, 0.3) is 5.56 Å². The van der Waals surface area contributed by atoms with E-state index < -0.39 is 10.0 Å². The maximum atomic E-state index is 12.6.